The van der Waals surface area contributed by atoms with Crippen molar-refractivity contribution in [3.63, 3.8) is 0 Å². The third kappa shape index (κ3) is 7.31. The van der Waals surface area contributed by atoms with Gasteiger partial charge in [-0.15, -0.1) is 24.0 Å². The van der Waals surface area contributed by atoms with E-state index in [1.165, 1.54) is 11.1 Å². The van der Waals surface area contributed by atoms with Gasteiger partial charge in [0, 0.05) is 20.1 Å². The Morgan fingerprint density at radius 2 is 1.85 bits per heavy atom. The van der Waals surface area contributed by atoms with Crippen molar-refractivity contribution in [2.45, 2.75) is 26.4 Å². The van der Waals surface area contributed by atoms with E-state index in [0.29, 0.717) is 6.04 Å². The summed E-state index contributed by atoms with van der Waals surface area (Å²) in [5.74, 6) is 1.68. The second-order valence-electron chi connectivity index (χ2n) is 5.95. The first-order valence-electron chi connectivity index (χ1n) is 9.05. The number of rotatable bonds is 9. The van der Waals surface area contributed by atoms with Gasteiger partial charge in [0.15, 0.2) is 5.96 Å². The maximum Gasteiger partial charge on any atom is 0.191 e. The topological polar surface area (TPSA) is 48.9 Å². The van der Waals surface area contributed by atoms with E-state index in [9.17, 15) is 0 Å². The first-order chi connectivity index (χ1) is 12.7. The number of nitrogens with zero attached hydrogens (tertiary/aromatic N) is 2. The van der Waals surface area contributed by atoms with E-state index in [4.69, 9.17) is 4.74 Å². The molecule has 0 saturated heterocycles. The Morgan fingerprint density at radius 1 is 1.15 bits per heavy atom. The number of hydrogen-bond donors (Lipinski definition) is 2. The largest absolute Gasteiger partial charge is 0.497 e. The van der Waals surface area contributed by atoms with Gasteiger partial charge in [0.05, 0.1) is 13.2 Å². The van der Waals surface area contributed by atoms with Gasteiger partial charge in [-0.1, -0.05) is 26.0 Å². The molecule has 0 aliphatic heterocycles. The van der Waals surface area contributed by atoms with Gasteiger partial charge in [-0.2, -0.15) is 11.3 Å². The van der Waals surface area contributed by atoms with Crippen LogP contribution in [-0.2, 0) is 6.54 Å². The molecule has 7 heteroatoms. The fourth-order valence-corrected chi connectivity index (χ4v) is 3.64. The van der Waals surface area contributed by atoms with Crippen molar-refractivity contribution in [2.75, 3.05) is 33.8 Å². The zero-order valence-electron chi connectivity index (χ0n) is 16.6. The van der Waals surface area contributed by atoms with Crippen molar-refractivity contribution in [2.24, 2.45) is 4.99 Å². The number of hydrogen-bond acceptors (Lipinski definition) is 4. The highest BCUT2D eigenvalue weighted by Gasteiger charge is 2.18. The molecule has 2 N–H and O–H groups in total. The third-order valence-corrected chi connectivity index (χ3v) is 5.19. The monoisotopic (exact) mass is 502 g/mol. The Hall–Kier alpha value is -1.32. The normalized spacial score (nSPS) is 12.4. The summed E-state index contributed by atoms with van der Waals surface area (Å²) in [6, 6.07) is 10.6. The molecule has 0 saturated carbocycles. The molecule has 1 aromatic carbocycles. The Bertz CT molecular complexity index is 657. The van der Waals surface area contributed by atoms with E-state index >= 15 is 0 Å². The van der Waals surface area contributed by atoms with Crippen LogP contribution in [0, 0.1) is 0 Å². The van der Waals surface area contributed by atoms with Crippen molar-refractivity contribution in [1.82, 2.24) is 15.5 Å². The average Bonchev–Trinajstić information content (AvgIpc) is 3.22. The first-order valence-corrected chi connectivity index (χ1v) is 9.99. The van der Waals surface area contributed by atoms with Crippen LogP contribution in [0.25, 0.3) is 0 Å². The summed E-state index contributed by atoms with van der Waals surface area (Å²) in [4.78, 5) is 6.82. The summed E-state index contributed by atoms with van der Waals surface area (Å²) in [6.45, 7) is 8.01. The number of benzene rings is 1. The van der Waals surface area contributed by atoms with Crippen LogP contribution in [0.4, 0.5) is 0 Å². The second kappa shape index (κ2) is 13.0. The first kappa shape index (κ1) is 23.7. The zero-order chi connectivity index (χ0) is 18.8. The lowest BCUT2D eigenvalue weighted by atomic mass is 10.1. The molecule has 0 spiro atoms. The maximum atomic E-state index is 5.20. The highest BCUT2D eigenvalue weighted by Crippen LogP contribution is 2.22. The molecule has 2 rings (SSSR count). The van der Waals surface area contributed by atoms with Gasteiger partial charge in [0.1, 0.15) is 5.75 Å². The summed E-state index contributed by atoms with van der Waals surface area (Å²) in [5, 5.41) is 11.2. The van der Waals surface area contributed by atoms with E-state index in [1.54, 1.807) is 25.5 Å². The SMILES string of the molecule is CCN(CC)C(CNC(=NC)NCc1ccc(OC)cc1)c1ccsc1.I. The lowest BCUT2D eigenvalue weighted by molar-refractivity contribution is 0.219. The number of guanidine groups is 1. The predicted molar refractivity (Wildman–Crippen MR) is 127 cm³/mol. The quantitative estimate of drug-likeness (QED) is 0.308. The van der Waals surface area contributed by atoms with E-state index < -0.39 is 0 Å². The van der Waals surface area contributed by atoms with E-state index in [2.05, 4.69) is 63.3 Å². The Morgan fingerprint density at radius 3 is 2.37 bits per heavy atom. The molecule has 2 aromatic rings. The van der Waals surface area contributed by atoms with Gasteiger partial charge >= 0.3 is 0 Å². The Labute approximate surface area is 184 Å². The van der Waals surface area contributed by atoms with Crippen LogP contribution in [0.2, 0.25) is 0 Å². The van der Waals surface area contributed by atoms with Gasteiger partial charge < -0.3 is 15.4 Å². The Kier molecular flexibility index (Phi) is 11.4. The van der Waals surface area contributed by atoms with E-state index in [-0.39, 0.29) is 24.0 Å². The molecule has 0 aliphatic rings. The standard InChI is InChI=1S/C20H30N4OS.HI/c1-5-24(6-2)19(17-11-12-26-15-17)14-23-20(21-3)22-13-16-7-9-18(25-4)10-8-16;/h7-12,15,19H,5-6,13-14H2,1-4H3,(H2,21,22,23);1H. The fourth-order valence-electron chi connectivity index (χ4n) is 2.93. The molecule has 1 aromatic heterocycles. The second-order valence-corrected chi connectivity index (χ2v) is 6.73. The highest BCUT2D eigenvalue weighted by atomic mass is 127. The number of thiophene rings is 1. The summed E-state index contributed by atoms with van der Waals surface area (Å²) in [5.41, 5.74) is 2.55. The molecule has 27 heavy (non-hydrogen) atoms. The maximum absolute atomic E-state index is 5.20. The van der Waals surface area contributed by atoms with Gasteiger partial charge in [-0.05, 0) is 53.2 Å². The van der Waals surface area contributed by atoms with Crippen molar-refractivity contribution >= 4 is 41.3 Å². The summed E-state index contributed by atoms with van der Waals surface area (Å²) >= 11 is 1.75. The number of methoxy groups -OCH3 is 1. The van der Waals surface area contributed by atoms with Crippen molar-refractivity contribution < 1.29 is 4.74 Å². The fraction of sp³-hybridized carbons (Fsp3) is 0.450. The number of likely N-dealkylation sites (N-methyl/N-ethyl adjacent to an activating group) is 1. The molecular formula is C20H31IN4OS. The van der Waals surface area contributed by atoms with Gasteiger partial charge in [-0.25, -0.2) is 0 Å². The number of ether oxygens (including phenoxy) is 1. The minimum Gasteiger partial charge on any atom is -0.497 e. The van der Waals surface area contributed by atoms with Crippen LogP contribution < -0.4 is 15.4 Å². The van der Waals surface area contributed by atoms with Gasteiger partial charge in [-0.3, -0.25) is 9.89 Å². The molecule has 0 radical (unpaired) electrons. The van der Waals surface area contributed by atoms with Crippen LogP contribution in [-0.4, -0.2) is 44.7 Å². The molecule has 0 bridgehead atoms. The number of halogens is 1. The predicted octanol–water partition coefficient (Wildman–Crippen LogP) is 4.12. The van der Waals surface area contributed by atoms with Crippen LogP contribution >= 0.6 is 35.3 Å². The van der Waals surface area contributed by atoms with Crippen LogP contribution in [0.15, 0.2) is 46.1 Å². The molecule has 1 unspecified atom stereocenters. The molecule has 0 amide bonds. The summed E-state index contributed by atoms with van der Waals surface area (Å²) in [7, 11) is 3.49. The molecule has 150 valence electrons. The third-order valence-electron chi connectivity index (χ3n) is 4.49. The van der Waals surface area contributed by atoms with Gasteiger partial charge in [0.25, 0.3) is 0 Å². The number of nitrogens with one attached hydrogen (secondary N) is 2. The average molecular weight is 502 g/mol. The van der Waals surface area contributed by atoms with Crippen molar-refractivity contribution in [3.05, 3.63) is 52.2 Å². The highest BCUT2D eigenvalue weighted by molar-refractivity contribution is 14.0. The van der Waals surface area contributed by atoms with E-state index in [0.717, 1.165) is 37.9 Å². The lowest BCUT2D eigenvalue weighted by Crippen LogP contribution is -2.42. The Balaban J connectivity index is 0.00000364. The van der Waals surface area contributed by atoms with E-state index in [1.807, 2.05) is 12.1 Å². The molecule has 0 aliphatic carbocycles. The number of aliphatic imine (C=N–C) groups is 1. The van der Waals surface area contributed by atoms with Crippen molar-refractivity contribution in [1.29, 1.82) is 0 Å². The summed E-state index contributed by atoms with van der Waals surface area (Å²) < 4.78 is 5.20. The zero-order valence-corrected chi connectivity index (χ0v) is 19.7. The van der Waals surface area contributed by atoms with Gasteiger partial charge in [0.2, 0.25) is 0 Å². The van der Waals surface area contributed by atoms with Crippen LogP contribution in [0.1, 0.15) is 31.0 Å². The summed E-state index contributed by atoms with van der Waals surface area (Å²) in [6.07, 6.45) is 0. The van der Waals surface area contributed by atoms with Crippen LogP contribution in [0.3, 0.4) is 0 Å². The molecule has 5 nitrogen and oxygen atoms in total. The van der Waals surface area contributed by atoms with Crippen molar-refractivity contribution in [3.8, 4) is 5.75 Å². The molecule has 0 fully saturated rings. The van der Waals surface area contributed by atoms with Crippen LogP contribution in [0.5, 0.6) is 5.75 Å². The molecular weight excluding hydrogens is 471 g/mol. The minimum atomic E-state index is 0. The minimum absolute atomic E-state index is 0. The molecule has 1 heterocycles. The molecule has 1 atom stereocenters. The smallest absolute Gasteiger partial charge is 0.191 e. The lowest BCUT2D eigenvalue weighted by Gasteiger charge is -2.30.